The second-order valence-electron chi connectivity index (χ2n) is 4.92. The zero-order valence-electron chi connectivity index (χ0n) is 10.9. The number of ether oxygens (including phenoxy) is 1. The van der Waals surface area contributed by atoms with Crippen LogP contribution in [0.4, 0.5) is 0 Å². The van der Waals surface area contributed by atoms with Crippen molar-refractivity contribution in [3.63, 3.8) is 0 Å². The third-order valence-corrected chi connectivity index (χ3v) is 3.79. The summed E-state index contributed by atoms with van der Waals surface area (Å²) < 4.78 is 5.23. The Morgan fingerprint density at radius 3 is 2.83 bits per heavy atom. The lowest BCUT2D eigenvalue weighted by Crippen LogP contribution is -2.24. The van der Waals surface area contributed by atoms with Crippen LogP contribution in [0.15, 0.2) is 18.2 Å². The number of hydrogen-bond acceptors (Lipinski definition) is 3. The Hall–Kier alpha value is -1.55. The first kappa shape index (κ1) is 11.5. The smallest absolute Gasteiger partial charge is 0.124 e. The molecule has 2 aromatic rings. The lowest BCUT2D eigenvalue weighted by atomic mass is 10.3. The van der Waals surface area contributed by atoms with Gasteiger partial charge in [-0.1, -0.05) is 0 Å². The molecule has 1 aromatic heterocycles. The number of hydrogen-bond donors (Lipinski definition) is 1. The van der Waals surface area contributed by atoms with Crippen LogP contribution in [0.25, 0.3) is 11.0 Å². The van der Waals surface area contributed by atoms with Crippen molar-refractivity contribution in [1.82, 2.24) is 14.9 Å². The number of nitrogens with zero attached hydrogens (tertiary/aromatic N) is 2. The fourth-order valence-corrected chi connectivity index (χ4v) is 2.64. The molecule has 0 bridgehead atoms. The van der Waals surface area contributed by atoms with Crippen LogP contribution in [0, 0.1) is 0 Å². The van der Waals surface area contributed by atoms with E-state index in [0.29, 0.717) is 6.04 Å². The molecule has 1 unspecified atom stereocenters. The van der Waals surface area contributed by atoms with Gasteiger partial charge >= 0.3 is 0 Å². The van der Waals surface area contributed by atoms with Gasteiger partial charge in [-0.25, -0.2) is 4.98 Å². The van der Waals surface area contributed by atoms with Gasteiger partial charge in [-0.3, -0.25) is 4.90 Å². The minimum absolute atomic E-state index is 0.367. The fourth-order valence-electron chi connectivity index (χ4n) is 2.64. The van der Waals surface area contributed by atoms with Crippen LogP contribution < -0.4 is 4.74 Å². The Morgan fingerprint density at radius 1 is 1.33 bits per heavy atom. The highest BCUT2D eigenvalue weighted by Crippen LogP contribution is 2.26. The van der Waals surface area contributed by atoms with E-state index in [1.54, 1.807) is 7.11 Å². The second-order valence-corrected chi connectivity index (χ2v) is 4.92. The summed E-state index contributed by atoms with van der Waals surface area (Å²) in [6.45, 7) is 4.59. The van der Waals surface area contributed by atoms with Gasteiger partial charge in [0.25, 0.3) is 0 Å². The Bertz CT molecular complexity index is 543. The van der Waals surface area contributed by atoms with Gasteiger partial charge in [-0.05, 0) is 45.0 Å². The van der Waals surface area contributed by atoms with Crippen molar-refractivity contribution in [3.8, 4) is 5.75 Å². The van der Waals surface area contributed by atoms with Crippen molar-refractivity contribution in [3.05, 3.63) is 24.0 Å². The molecule has 4 heteroatoms. The van der Waals surface area contributed by atoms with Gasteiger partial charge in [0.1, 0.15) is 11.6 Å². The standard InChI is InChI=1S/C14H19N3O/c1-10(17-7-3-4-8-17)14-15-12-6-5-11(18-2)9-13(12)16-14/h5-6,9-10H,3-4,7-8H2,1-2H3,(H,15,16). The first-order chi connectivity index (χ1) is 8.78. The van der Waals surface area contributed by atoms with Gasteiger partial charge < -0.3 is 9.72 Å². The molecule has 1 aliphatic heterocycles. The number of aromatic nitrogens is 2. The van der Waals surface area contributed by atoms with E-state index in [1.807, 2.05) is 18.2 Å². The highest BCUT2D eigenvalue weighted by Gasteiger charge is 2.21. The van der Waals surface area contributed by atoms with Crippen molar-refractivity contribution >= 4 is 11.0 Å². The van der Waals surface area contributed by atoms with E-state index in [4.69, 9.17) is 4.74 Å². The number of benzene rings is 1. The first-order valence-electron chi connectivity index (χ1n) is 6.55. The average molecular weight is 245 g/mol. The second kappa shape index (κ2) is 4.61. The molecular weight excluding hydrogens is 226 g/mol. The molecular formula is C14H19N3O. The highest BCUT2D eigenvalue weighted by molar-refractivity contribution is 5.76. The summed E-state index contributed by atoms with van der Waals surface area (Å²) in [5.74, 6) is 1.92. The minimum Gasteiger partial charge on any atom is -0.497 e. The van der Waals surface area contributed by atoms with Crippen molar-refractivity contribution in [2.75, 3.05) is 20.2 Å². The van der Waals surface area contributed by atoms with Gasteiger partial charge in [-0.15, -0.1) is 0 Å². The summed E-state index contributed by atoms with van der Waals surface area (Å²) in [4.78, 5) is 10.6. The van der Waals surface area contributed by atoms with E-state index >= 15 is 0 Å². The SMILES string of the molecule is COc1ccc2nc(C(C)N3CCCC3)[nH]c2c1. The van der Waals surface area contributed by atoms with Crippen molar-refractivity contribution in [2.24, 2.45) is 0 Å². The van der Waals surface area contributed by atoms with E-state index in [0.717, 1.165) is 22.6 Å². The third-order valence-electron chi connectivity index (χ3n) is 3.79. The summed E-state index contributed by atoms with van der Waals surface area (Å²) in [5, 5.41) is 0. The number of rotatable bonds is 3. The van der Waals surface area contributed by atoms with Crippen molar-refractivity contribution in [1.29, 1.82) is 0 Å². The molecule has 3 rings (SSSR count). The Kier molecular flexibility index (Phi) is 2.96. The summed E-state index contributed by atoms with van der Waals surface area (Å²) in [5.41, 5.74) is 2.06. The molecule has 1 N–H and O–H groups in total. The van der Waals surface area contributed by atoms with E-state index in [2.05, 4.69) is 21.8 Å². The van der Waals surface area contributed by atoms with E-state index in [9.17, 15) is 0 Å². The molecule has 18 heavy (non-hydrogen) atoms. The van der Waals surface area contributed by atoms with Gasteiger partial charge in [-0.2, -0.15) is 0 Å². The Balaban J connectivity index is 1.92. The molecule has 1 atom stereocenters. The quantitative estimate of drug-likeness (QED) is 0.904. The maximum absolute atomic E-state index is 5.23. The predicted molar refractivity (Wildman–Crippen MR) is 71.9 cm³/mol. The first-order valence-corrected chi connectivity index (χ1v) is 6.55. The van der Waals surface area contributed by atoms with Gasteiger partial charge in [0.2, 0.25) is 0 Å². The molecule has 1 fully saturated rings. The van der Waals surface area contributed by atoms with Gasteiger partial charge in [0.15, 0.2) is 0 Å². The maximum atomic E-state index is 5.23. The lowest BCUT2D eigenvalue weighted by Gasteiger charge is -2.21. The Morgan fingerprint density at radius 2 is 2.11 bits per heavy atom. The molecule has 0 spiro atoms. The molecule has 0 aliphatic carbocycles. The molecule has 0 radical (unpaired) electrons. The zero-order chi connectivity index (χ0) is 12.5. The predicted octanol–water partition coefficient (Wildman–Crippen LogP) is 2.73. The largest absolute Gasteiger partial charge is 0.497 e. The summed E-state index contributed by atoms with van der Waals surface area (Å²) >= 11 is 0. The number of methoxy groups -OCH3 is 1. The highest BCUT2D eigenvalue weighted by atomic mass is 16.5. The average Bonchev–Trinajstić information content (AvgIpc) is 3.05. The van der Waals surface area contributed by atoms with Gasteiger partial charge in [0, 0.05) is 6.07 Å². The van der Waals surface area contributed by atoms with Crippen LogP contribution in [-0.4, -0.2) is 35.1 Å². The third kappa shape index (κ3) is 1.97. The van der Waals surface area contributed by atoms with Crippen molar-refractivity contribution in [2.45, 2.75) is 25.8 Å². The number of nitrogens with one attached hydrogen (secondary N) is 1. The minimum atomic E-state index is 0.367. The number of likely N-dealkylation sites (tertiary alicyclic amines) is 1. The summed E-state index contributed by atoms with van der Waals surface area (Å²) in [6.07, 6.45) is 2.61. The lowest BCUT2D eigenvalue weighted by molar-refractivity contribution is 0.255. The summed E-state index contributed by atoms with van der Waals surface area (Å²) in [7, 11) is 1.69. The fraction of sp³-hybridized carbons (Fsp3) is 0.500. The molecule has 2 heterocycles. The van der Waals surface area contributed by atoms with Crippen LogP contribution >= 0.6 is 0 Å². The number of H-pyrrole nitrogens is 1. The van der Waals surface area contributed by atoms with Crippen LogP contribution in [0.2, 0.25) is 0 Å². The molecule has 0 saturated carbocycles. The normalized spacial score (nSPS) is 18.3. The van der Waals surface area contributed by atoms with Crippen molar-refractivity contribution < 1.29 is 4.74 Å². The number of aromatic amines is 1. The molecule has 1 aromatic carbocycles. The van der Waals surface area contributed by atoms with Crippen LogP contribution in [0.1, 0.15) is 31.6 Å². The topological polar surface area (TPSA) is 41.1 Å². The summed E-state index contributed by atoms with van der Waals surface area (Å²) in [6, 6.07) is 6.33. The van der Waals surface area contributed by atoms with Crippen LogP contribution in [-0.2, 0) is 0 Å². The van der Waals surface area contributed by atoms with E-state index < -0.39 is 0 Å². The zero-order valence-corrected chi connectivity index (χ0v) is 10.9. The maximum Gasteiger partial charge on any atom is 0.124 e. The molecule has 0 amide bonds. The van der Waals surface area contributed by atoms with E-state index in [1.165, 1.54) is 25.9 Å². The Labute approximate surface area is 107 Å². The van der Waals surface area contributed by atoms with Crippen LogP contribution in [0.5, 0.6) is 5.75 Å². The van der Waals surface area contributed by atoms with Crippen LogP contribution in [0.3, 0.4) is 0 Å². The number of fused-ring (bicyclic) bond motifs is 1. The molecule has 96 valence electrons. The monoisotopic (exact) mass is 245 g/mol. The van der Waals surface area contributed by atoms with Gasteiger partial charge in [0.05, 0.1) is 24.2 Å². The number of imidazole rings is 1. The molecule has 4 nitrogen and oxygen atoms in total. The van der Waals surface area contributed by atoms with E-state index in [-0.39, 0.29) is 0 Å². The molecule has 1 saturated heterocycles. The molecule has 1 aliphatic rings.